The van der Waals surface area contributed by atoms with Gasteiger partial charge in [-0.1, -0.05) is 0 Å². The molecule has 65 valence electrons. The van der Waals surface area contributed by atoms with E-state index in [9.17, 15) is 0 Å². The first kappa shape index (κ1) is 12.5. The van der Waals surface area contributed by atoms with E-state index < -0.39 is 8.07 Å². The van der Waals surface area contributed by atoms with Gasteiger partial charge in [0.05, 0.1) is 0 Å². The van der Waals surface area contributed by atoms with Gasteiger partial charge in [0.2, 0.25) is 0 Å². The third-order valence-electron chi connectivity index (χ3n) is 2.00. The topological polar surface area (TPSA) is 0 Å². The molecule has 0 saturated heterocycles. The van der Waals surface area contributed by atoms with Crippen LogP contribution in [-0.4, -0.2) is 30.6 Å². The van der Waals surface area contributed by atoms with Crippen molar-refractivity contribution in [2.45, 2.75) is 17.2 Å². The Bertz CT molecular complexity index is 223. The van der Waals surface area contributed by atoms with Gasteiger partial charge in [-0.15, -0.1) is 12.4 Å². The number of benzene rings is 1. The predicted molar refractivity (Wildman–Crippen MR) is 61.4 cm³/mol. The van der Waals surface area contributed by atoms with E-state index in [0.29, 0.717) is 0 Å². The fourth-order valence-corrected chi connectivity index (χ4v) is 4.04. The van der Waals surface area contributed by atoms with Crippen molar-refractivity contribution >= 4 is 48.2 Å². The zero-order valence-electron chi connectivity index (χ0n) is 7.50. The molecule has 1 rings (SSSR count). The molecule has 0 spiro atoms. The minimum absolute atomic E-state index is 0. The van der Waals surface area contributed by atoms with Crippen molar-refractivity contribution in [3.63, 3.8) is 0 Å². The Morgan fingerprint density at radius 3 is 2.08 bits per heavy atom. The maximum Gasteiger partial charge on any atom is -0.147 e. The maximum atomic E-state index is 2.44. The summed E-state index contributed by atoms with van der Waals surface area (Å²) >= 11 is 1.68. The summed E-state index contributed by atoms with van der Waals surface area (Å²) in [7, 11) is -1.01. The van der Waals surface area contributed by atoms with Crippen LogP contribution < -0.4 is 5.19 Å². The molecule has 0 unspecified atom stereocenters. The molecule has 0 nitrogen and oxygen atoms in total. The first-order chi connectivity index (χ1) is 5.17. The van der Waals surface area contributed by atoms with Crippen molar-refractivity contribution < 1.29 is 0 Å². The zero-order valence-corrected chi connectivity index (χ0v) is 12.2. The normalized spacial score (nSPS) is 10.6. The van der Waals surface area contributed by atoms with Gasteiger partial charge < -0.3 is 0 Å². The Morgan fingerprint density at radius 2 is 1.67 bits per heavy atom. The molecule has 3 heteroatoms. The molecule has 0 bridgehead atoms. The molecule has 0 aromatic heterocycles. The molecule has 12 heavy (non-hydrogen) atoms. The summed E-state index contributed by atoms with van der Waals surface area (Å²) in [6, 6.07) is 10.9. The van der Waals surface area contributed by atoms with Crippen LogP contribution in [0.5, 0.6) is 0 Å². The van der Waals surface area contributed by atoms with Gasteiger partial charge >= 0.3 is 83.3 Å². The third kappa shape index (κ3) is 3.11. The van der Waals surface area contributed by atoms with Gasteiger partial charge in [0.25, 0.3) is 0 Å². The van der Waals surface area contributed by atoms with Crippen LogP contribution in [-0.2, 0) is 0 Å². The van der Waals surface area contributed by atoms with Crippen molar-refractivity contribution in [2.75, 3.05) is 0 Å². The summed E-state index contributed by atoms with van der Waals surface area (Å²) in [5.74, 6) is 0. The SMILES string of the molecule is C[Si](C)([CH2][Sn])c1ccccc1.Cl. The van der Waals surface area contributed by atoms with Crippen LogP contribution in [0.25, 0.3) is 0 Å². The Balaban J connectivity index is 0.00000121. The van der Waals surface area contributed by atoms with Crippen molar-refractivity contribution in [3.05, 3.63) is 30.3 Å². The largest absolute Gasteiger partial charge is 0.147 e. The first-order valence-corrected chi connectivity index (χ1v) is 9.09. The molecule has 0 aliphatic carbocycles. The molecule has 0 aliphatic rings. The van der Waals surface area contributed by atoms with Gasteiger partial charge in [-0.05, 0) is 0 Å². The van der Waals surface area contributed by atoms with Gasteiger partial charge in [0.15, 0.2) is 0 Å². The van der Waals surface area contributed by atoms with Gasteiger partial charge in [0, 0.05) is 0 Å². The summed E-state index contributed by atoms with van der Waals surface area (Å²) in [4.78, 5) is 0. The van der Waals surface area contributed by atoms with Crippen molar-refractivity contribution in [3.8, 4) is 0 Å². The van der Waals surface area contributed by atoms with Crippen LogP contribution in [0.2, 0.25) is 17.2 Å². The van der Waals surface area contributed by atoms with E-state index in [1.165, 1.54) is 4.06 Å². The number of rotatable bonds is 2. The van der Waals surface area contributed by atoms with Gasteiger partial charge in [-0.25, -0.2) is 0 Å². The maximum absolute atomic E-state index is 2.44. The summed E-state index contributed by atoms with van der Waals surface area (Å²) in [6.07, 6.45) is 0. The van der Waals surface area contributed by atoms with E-state index in [2.05, 4.69) is 43.4 Å². The average Bonchev–Trinajstić information content (AvgIpc) is 2.06. The molecule has 3 radical (unpaired) electrons. The van der Waals surface area contributed by atoms with Gasteiger partial charge in [0.1, 0.15) is 0 Å². The molecular weight excluding hydrogens is 290 g/mol. The summed E-state index contributed by atoms with van der Waals surface area (Å²) in [5, 5.41) is 1.59. The molecule has 0 heterocycles. The zero-order chi connectivity index (χ0) is 8.32. The third-order valence-corrected chi connectivity index (χ3v) is 12.3. The number of halogens is 1. The van der Waals surface area contributed by atoms with Crippen LogP contribution in [0.4, 0.5) is 0 Å². The molecule has 0 aliphatic heterocycles. The number of hydrogen-bond donors (Lipinski definition) is 0. The minimum atomic E-state index is -1.01. The molecule has 1 aromatic carbocycles. The van der Waals surface area contributed by atoms with Crippen LogP contribution in [0.3, 0.4) is 0 Å². The second-order valence-electron chi connectivity index (χ2n) is 3.43. The smallest absolute Gasteiger partial charge is 0.147 e. The molecule has 0 saturated carbocycles. The van der Waals surface area contributed by atoms with Crippen molar-refractivity contribution in [2.24, 2.45) is 0 Å². The molecule has 0 fully saturated rings. The Morgan fingerprint density at radius 1 is 1.17 bits per heavy atom. The average molecular weight is 304 g/mol. The number of hydrogen-bond acceptors (Lipinski definition) is 0. The molecule has 0 amide bonds. The standard InChI is InChI=1S/C9H13Si.ClH.Sn/c1-10(2,3)9-7-5-4-6-8-9;;/h4-8H,1H2,2-3H3;1H;. The van der Waals surface area contributed by atoms with Crippen LogP contribution in [0, 0.1) is 0 Å². The Hall–Kier alpha value is 0.526. The van der Waals surface area contributed by atoms with Crippen LogP contribution >= 0.6 is 12.4 Å². The Labute approximate surface area is 95.3 Å². The monoisotopic (exact) mass is 305 g/mol. The van der Waals surface area contributed by atoms with Crippen LogP contribution in [0.1, 0.15) is 0 Å². The van der Waals surface area contributed by atoms with Gasteiger partial charge in [-0.3, -0.25) is 0 Å². The molecule has 1 aromatic rings. The van der Waals surface area contributed by atoms with E-state index in [-0.39, 0.29) is 12.4 Å². The fourth-order valence-electron chi connectivity index (χ4n) is 0.991. The van der Waals surface area contributed by atoms with Crippen LogP contribution in [0.15, 0.2) is 30.3 Å². The van der Waals surface area contributed by atoms with Crippen molar-refractivity contribution in [1.29, 1.82) is 0 Å². The van der Waals surface area contributed by atoms with E-state index in [1.54, 1.807) is 27.7 Å². The summed E-state index contributed by atoms with van der Waals surface area (Å²) < 4.78 is 1.42. The van der Waals surface area contributed by atoms with E-state index in [1.807, 2.05) is 0 Å². The summed E-state index contributed by atoms with van der Waals surface area (Å²) in [5.41, 5.74) is 0. The predicted octanol–water partition coefficient (Wildman–Crippen LogP) is 2.15. The molecule has 0 atom stereocenters. The van der Waals surface area contributed by atoms with E-state index in [0.717, 1.165) is 0 Å². The van der Waals surface area contributed by atoms with Crippen molar-refractivity contribution in [1.82, 2.24) is 0 Å². The Kier molecular flexibility index (Phi) is 5.53. The quantitative estimate of drug-likeness (QED) is 0.735. The fraction of sp³-hybridized carbons (Fsp3) is 0.333. The summed E-state index contributed by atoms with van der Waals surface area (Å²) in [6.45, 7) is 4.88. The van der Waals surface area contributed by atoms with E-state index >= 15 is 0 Å². The first-order valence-electron chi connectivity index (χ1n) is 3.87. The molecular formula is C9H14ClSiSn. The van der Waals surface area contributed by atoms with Gasteiger partial charge in [-0.2, -0.15) is 0 Å². The molecule has 0 N–H and O–H groups in total. The minimum Gasteiger partial charge on any atom is -0.147 e. The second-order valence-corrected chi connectivity index (χ2v) is 11.2. The van der Waals surface area contributed by atoms with E-state index in [4.69, 9.17) is 0 Å². The second kappa shape index (κ2) is 5.30.